The Morgan fingerprint density at radius 2 is 1.38 bits per heavy atom. The van der Waals surface area contributed by atoms with E-state index in [-0.39, 0.29) is 0 Å². The average Bonchev–Trinajstić information content (AvgIpc) is 2.95. The Morgan fingerprint density at radius 1 is 0.795 bits per heavy atom. The molecule has 0 spiro atoms. The third-order valence-corrected chi connectivity index (χ3v) is 7.87. The van der Waals surface area contributed by atoms with Gasteiger partial charge < -0.3 is 14.7 Å². The van der Waals surface area contributed by atoms with E-state index in [1.54, 1.807) is 7.11 Å². The molecule has 2 aromatic carbocycles. The average molecular weight is 553 g/mol. The molecule has 1 heterocycles. The predicted molar refractivity (Wildman–Crippen MR) is 167 cm³/mol. The van der Waals surface area contributed by atoms with Crippen LogP contribution in [0.3, 0.4) is 0 Å². The SMILES string of the molecule is CCCCCCCCN(CCCCCCCC)CC(O)c1cc(-c2ccc(OC)cc2)nc2cc(Cl)ccc12. The van der Waals surface area contributed by atoms with Crippen LogP contribution < -0.4 is 4.74 Å². The standard InChI is InChI=1S/C34H49ClN2O2/c1-4-6-8-10-12-14-22-37(23-15-13-11-9-7-5-2)26-34(38)31-25-32(27-16-19-29(39-3)20-17-27)36-33-24-28(35)18-21-30(31)33/h16-21,24-25,34,38H,4-15,22-23,26H2,1-3H3. The van der Waals surface area contributed by atoms with Crippen LogP contribution >= 0.6 is 11.6 Å². The maximum atomic E-state index is 11.6. The smallest absolute Gasteiger partial charge is 0.118 e. The summed E-state index contributed by atoms with van der Waals surface area (Å²) in [5.74, 6) is 0.808. The Hall–Kier alpha value is -2.14. The monoisotopic (exact) mass is 552 g/mol. The normalized spacial score (nSPS) is 12.4. The van der Waals surface area contributed by atoms with Crippen molar-refractivity contribution in [2.45, 2.75) is 97.0 Å². The van der Waals surface area contributed by atoms with E-state index in [2.05, 4.69) is 24.8 Å². The van der Waals surface area contributed by atoms with Crippen molar-refractivity contribution in [3.05, 3.63) is 59.1 Å². The van der Waals surface area contributed by atoms with Gasteiger partial charge in [0.05, 0.1) is 24.4 Å². The van der Waals surface area contributed by atoms with Gasteiger partial charge in [0.25, 0.3) is 0 Å². The first-order valence-corrected chi connectivity index (χ1v) is 15.6. The lowest BCUT2D eigenvalue weighted by Gasteiger charge is -2.26. The van der Waals surface area contributed by atoms with Crippen LogP contribution in [-0.4, -0.2) is 41.7 Å². The molecule has 1 N–H and O–H groups in total. The van der Waals surface area contributed by atoms with Crippen molar-refractivity contribution >= 4 is 22.5 Å². The van der Waals surface area contributed by atoms with Crippen molar-refractivity contribution in [1.29, 1.82) is 0 Å². The molecule has 1 atom stereocenters. The zero-order valence-electron chi connectivity index (χ0n) is 24.4. The maximum Gasteiger partial charge on any atom is 0.118 e. The Labute approximate surface area is 241 Å². The van der Waals surface area contributed by atoms with Crippen LogP contribution in [0.15, 0.2) is 48.5 Å². The summed E-state index contributed by atoms with van der Waals surface area (Å²) in [6.45, 7) is 7.24. The van der Waals surface area contributed by atoms with Crippen molar-refractivity contribution < 1.29 is 9.84 Å². The summed E-state index contributed by atoms with van der Waals surface area (Å²) in [5.41, 5.74) is 3.55. The van der Waals surface area contributed by atoms with Gasteiger partial charge >= 0.3 is 0 Å². The number of aliphatic hydroxyl groups is 1. The summed E-state index contributed by atoms with van der Waals surface area (Å²) in [4.78, 5) is 7.39. The molecule has 4 nitrogen and oxygen atoms in total. The van der Waals surface area contributed by atoms with Gasteiger partial charge in [-0.1, -0.05) is 95.7 Å². The minimum Gasteiger partial charge on any atom is -0.497 e. The maximum absolute atomic E-state index is 11.6. The number of methoxy groups -OCH3 is 1. The summed E-state index contributed by atoms with van der Waals surface area (Å²) >= 11 is 6.35. The van der Waals surface area contributed by atoms with Gasteiger partial charge in [-0.15, -0.1) is 0 Å². The highest BCUT2D eigenvalue weighted by molar-refractivity contribution is 6.31. The molecule has 0 saturated carbocycles. The fraction of sp³-hybridized carbons (Fsp3) is 0.559. The van der Waals surface area contributed by atoms with Crippen LogP contribution in [-0.2, 0) is 0 Å². The summed E-state index contributed by atoms with van der Waals surface area (Å²) in [6.07, 6.45) is 14.8. The number of hydrogen-bond acceptors (Lipinski definition) is 4. The van der Waals surface area contributed by atoms with Crippen molar-refractivity contribution in [3.8, 4) is 17.0 Å². The molecular formula is C34H49ClN2O2. The molecule has 0 saturated heterocycles. The van der Waals surface area contributed by atoms with Crippen molar-refractivity contribution in [1.82, 2.24) is 9.88 Å². The molecule has 5 heteroatoms. The zero-order chi connectivity index (χ0) is 27.9. The van der Waals surface area contributed by atoms with Gasteiger partial charge in [-0.05, 0) is 74.0 Å². The molecule has 1 unspecified atom stereocenters. The second kappa shape index (κ2) is 17.5. The highest BCUT2D eigenvalue weighted by atomic mass is 35.5. The lowest BCUT2D eigenvalue weighted by molar-refractivity contribution is 0.111. The Morgan fingerprint density at radius 3 is 1.97 bits per heavy atom. The van der Waals surface area contributed by atoms with Gasteiger partial charge in [0.1, 0.15) is 5.75 Å². The van der Waals surface area contributed by atoms with Gasteiger partial charge in [0.15, 0.2) is 0 Å². The molecule has 1 aromatic heterocycles. The molecule has 0 bridgehead atoms. The summed E-state index contributed by atoms with van der Waals surface area (Å²) in [6, 6.07) is 15.7. The van der Waals surface area contributed by atoms with E-state index >= 15 is 0 Å². The molecule has 0 amide bonds. The number of hydrogen-bond donors (Lipinski definition) is 1. The number of rotatable bonds is 19. The second-order valence-electron chi connectivity index (χ2n) is 10.8. The Bertz CT molecular complexity index is 1090. The van der Waals surface area contributed by atoms with Crippen LogP contribution in [0.25, 0.3) is 22.2 Å². The number of ether oxygens (including phenoxy) is 1. The van der Waals surface area contributed by atoms with Gasteiger partial charge in [0, 0.05) is 22.5 Å². The summed E-state index contributed by atoms with van der Waals surface area (Å²) in [7, 11) is 1.67. The lowest BCUT2D eigenvalue weighted by Crippen LogP contribution is -2.31. The van der Waals surface area contributed by atoms with Crippen LogP contribution in [0.5, 0.6) is 5.75 Å². The van der Waals surface area contributed by atoms with Crippen molar-refractivity contribution in [2.24, 2.45) is 0 Å². The number of halogens is 1. The van der Waals surface area contributed by atoms with E-state index < -0.39 is 6.10 Å². The van der Waals surface area contributed by atoms with E-state index in [4.69, 9.17) is 21.3 Å². The third-order valence-electron chi connectivity index (χ3n) is 7.64. The highest BCUT2D eigenvalue weighted by Gasteiger charge is 2.18. The number of unbranched alkanes of at least 4 members (excludes halogenated alkanes) is 10. The lowest BCUT2D eigenvalue weighted by atomic mass is 9.99. The molecule has 0 fully saturated rings. The van der Waals surface area contributed by atoms with Crippen LogP contribution in [0.2, 0.25) is 5.02 Å². The predicted octanol–water partition coefficient (Wildman–Crippen LogP) is 9.62. The molecule has 3 rings (SSSR count). The molecule has 0 aliphatic heterocycles. The first-order chi connectivity index (χ1) is 19.0. The van der Waals surface area contributed by atoms with Crippen LogP contribution in [0, 0.1) is 0 Å². The van der Waals surface area contributed by atoms with Crippen LogP contribution in [0.1, 0.15) is 103 Å². The highest BCUT2D eigenvalue weighted by Crippen LogP contribution is 2.31. The number of benzene rings is 2. The van der Waals surface area contributed by atoms with E-state index in [1.165, 1.54) is 77.0 Å². The number of aromatic nitrogens is 1. The molecule has 0 aliphatic carbocycles. The van der Waals surface area contributed by atoms with E-state index in [0.717, 1.165) is 46.6 Å². The van der Waals surface area contributed by atoms with E-state index in [9.17, 15) is 5.11 Å². The molecule has 214 valence electrons. The molecule has 0 aliphatic rings. The van der Waals surface area contributed by atoms with Gasteiger partial charge in [0.2, 0.25) is 0 Å². The Kier molecular flexibility index (Phi) is 14.1. The quantitative estimate of drug-likeness (QED) is 0.150. The third kappa shape index (κ3) is 10.4. The largest absolute Gasteiger partial charge is 0.497 e. The molecule has 3 aromatic rings. The number of nitrogens with zero attached hydrogens (tertiary/aromatic N) is 2. The van der Waals surface area contributed by atoms with Gasteiger partial charge in [-0.25, -0.2) is 4.98 Å². The van der Waals surface area contributed by atoms with Gasteiger partial charge in [-0.2, -0.15) is 0 Å². The fourth-order valence-corrected chi connectivity index (χ4v) is 5.45. The summed E-state index contributed by atoms with van der Waals surface area (Å²) in [5, 5.41) is 13.2. The van der Waals surface area contributed by atoms with E-state index in [0.29, 0.717) is 11.6 Å². The van der Waals surface area contributed by atoms with Crippen LogP contribution in [0.4, 0.5) is 0 Å². The number of fused-ring (bicyclic) bond motifs is 1. The van der Waals surface area contributed by atoms with Crippen molar-refractivity contribution in [3.63, 3.8) is 0 Å². The fourth-order valence-electron chi connectivity index (χ4n) is 5.28. The minimum absolute atomic E-state index is 0.603. The van der Waals surface area contributed by atoms with E-state index in [1.807, 2.05) is 42.5 Å². The minimum atomic E-state index is -0.603. The van der Waals surface area contributed by atoms with Gasteiger partial charge in [-0.3, -0.25) is 0 Å². The topological polar surface area (TPSA) is 45.6 Å². The zero-order valence-corrected chi connectivity index (χ0v) is 25.2. The first kappa shape index (κ1) is 31.4. The molecule has 39 heavy (non-hydrogen) atoms. The second-order valence-corrected chi connectivity index (χ2v) is 11.3. The molecular weight excluding hydrogens is 504 g/mol. The number of pyridine rings is 1. The van der Waals surface area contributed by atoms with Crippen molar-refractivity contribution in [2.75, 3.05) is 26.7 Å². The first-order valence-electron chi connectivity index (χ1n) is 15.2. The Balaban J connectivity index is 1.77. The number of aliphatic hydroxyl groups excluding tert-OH is 1. The summed E-state index contributed by atoms with van der Waals surface area (Å²) < 4.78 is 5.33. The molecule has 0 radical (unpaired) electrons.